The van der Waals surface area contributed by atoms with Gasteiger partial charge in [0.2, 0.25) is 0 Å². The van der Waals surface area contributed by atoms with E-state index in [2.05, 4.69) is 5.32 Å². The van der Waals surface area contributed by atoms with Gasteiger partial charge in [-0.3, -0.25) is 4.79 Å². The van der Waals surface area contributed by atoms with Crippen LogP contribution in [0, 0.1) is 5.82 Å². The third-order valence-electron chi connectivity index (χ3n) is 4.17. The van der Waals surface area contributed by atoms with Gasteiger partial charge in [0.15, 0.2) is 0 Å². The molecule has 1 N–H and O–H groups in total. The molecule has 1 heterocycles. The van der Waals surface area contributed by atoms with E-state index in [1.807, 2.05) is 24.3 Å². The zero-order valence-electron chi connectivity index (χ0n) is 14.1. The van der Waals surface area contributed by atoms with Gasteiger partial charge in [0, 0.05) is 30.9 Å². The number of rotatable bonds is 5. The van der Waals surface area contributed by atoms with Crippen LogP contribution >= 0.6 is 0 Å². The van der Waals surface area contributed by atoms with Gasteiger partial charge in [-0.2, -0.15) is 0 Å². The quantitative estimate of drug-likeness (QED) is 0.906. The third-order valence-corrected chi connectivity index (χ3v) is 4.17. The molecular formula is C19H21FN2O3. The molecule has 1 amide bonds. The molecule has 1 fully saturated rings. The number of nitrogens with zero attached hydrogens (tertiary/aromatic N) is 1. The summed E-state index contributed by atoms with van der Waals surface area (Å²) in [7, 11) is 1.62. The first-order valence-corrected chi connectivity index (χ1v) is 8.21. The minimum Gasteiger partial charge on any atom is -0.496 e. The first-order valence-electron chi connectivity index (χ1n) is 8.21. The van der Waals surface area contributed by atoms with Gasteiger partial charge in [-0.1, -0.05) is 18.2 Å². The Balaban J connectivity index is 1.68. The van der Waals surface area contributed by atoms with Crippen LogP contribution in [-0.2, 0) is 11.3 Å². The van der Waals surface area contributed by atoms with Crippen molar-refractivity contribution in [3.05, 3.63) is 59.4 Å². The minimum absolute atomic E-state index is 0.0877. The number of carbonyl (C=O) groups is 1. The van der Waals surface area contributed by atoms with Crippen LogP contribution in [-0.4, -0.2) is 44.2 Å². The molecule has 6 heteroatoms. The fourth-order valence-corrected chi connectivity index (χ4v) is 2.78. The Bertz CT molecular complexity index is 745. The van der Waals surface area contributed by atoms with Crippen molar-refractivity contribution in [3.8, 4) is 5.75 Å². The number of nitrogens with one attached hydrogen (secondary N) is 1. The van der Waals surface area contributed by atoms with Crippen molar-refractivity contribution in [2.24, 2.45) is 0 Å². The number of amides is 1. The molecule has 0 aliphatic carbocycles. The molecule has 2 aromatic rings. The summed E-state index contributed by atoms with van der Waals surface area (Å²) in [6, 6.07) is 12.2. The van der Waals surface area contributed by atoms with Gasteiger partial charge in [-0.05, 0) is 24.3 Å². The van der Waals surface area contributed by atoms with Gasteiger partial charge in [0.1, 0.15) is 11.6 Å². The van der Waals surface area contributed by atoms with Crippen LogP contribution in [0.25, 0.3) is 0 Å². The highest BCUT2D eigenvalue weighted by atomic mass is 19.1. The Hall–Kier alpha value is -2.60. The second kappa shape index (κ2) is 7.98. The average molecular weight is 344 g/mol. The lowest BCUT2D eigenvalue weighted by Gasteiger charge is -2.27. The van der Waals surface area contributed by atoms with Crippen molar-refractivity contribution in [2.75, 3.05) is 38.7 Å². The van der Waals surface area contributed by atoms with Crippen molar-refractivity contribution >= 4 is 11.6 Å². The molecule has 0 aromatic heterocycles. The Morgan fingerprint density at radius 3 is 2.72 bits per heavy atom. The molecular weight excluding hydrogens is 323 g/mol. The summed E-state index contributed by atoms with van der Waals surface area (Å²) in [4.78, 5) is 14.0. The van der Waals surface area contributed by atoms with E-state index in [0.717, 1.165) is 11.3 Å². The lowest BCUT2D eigenvalue weighted by molar-refractivity contribution is 0.0300. The standard InChI is InChI=1S/C19H21FN2O3/c1-24-18-5-3-2-4-14(18)13-21-15-6-7-16(17(20)12-15)19(23)22-8-10-25-11-9-22/h2-7,12,21H,8-11,13H2,1H3. The maximum Gasteiger partial charge on any atom is 0.256 e. The first-order chi connectivity index (χ1) is 12.2. The molecule has 0 atom stereocenters. The molecule has 0 unspecified atom stereocenters. The lowest BCUT2D eigenvalue weighted by atomic mass is 10.1. The van der Waals surface area contributed by atoms with Crippen molar-refractivity contribution < 1.29 is 18.7 Å². The highest BCUT2D eigenvalue weighted by Crippen LogP contribution is 2.21. The normalized spacial score (nSPS) is 14.2. The highest BCUT2D eigenvalue weighted by molar-refractivity contribution is 5.95. The number of ether oxygens (including phenoxy) is 2. The monoisotopic (exact) mass is 344 g/mol. The van der Waals surface area contributed by atoms with Crippen molar-refractivity contribution in [1.82, 2.24) is 4.90 Å². The van der Waals surface area contributed by atoms with E-state index in [0.29, 0.717) is 38.5 Å². The Labute approximate surface area is 146 Å². The molecule has 0 radical (unpaired) electrons. The van der Waals surface area contributed by atoms with Crippen LogP contribution in [0.2, 0.25) is 0 Å². The number of hydrogen-bond donors (Lipinski definition) is 1. The fraction of sp³-hybridized carbons (Fsp3) is 0.316. The summed E-state index contributed by atoms with van der Waals surface area (Å²) >= 11 is 0. The molecule has 0 spiro atoms. The summed E-state index contributed by atoms with van der Waals surface area (Å²) in [5, 5.41) is 3.16. The molecule has 132 valence electrons. The van der Waals surface area contributed by atoms with Crippen LogP contribution < -0.4 is 10.1 Å². The summed E-state index contributed by atoms with van der Waals surface area (Å²) in [5.74, 6) is -0.0480. The van der Waals surface area contributed by atoms with Crippen LogP contribution in [0.4, 0.5) is 10.1 Å². The number of carbonyl (C=O) groups excluding carboxylic acids is 1. The predicted octanol–water partition coefficient (Wildman–Crippen LogP) is 2.92. The molecule has 1 aliphatic heterocycles. The summed E-state index contributed by atoms with van der Waals surface area (Å²) < 4.78 is 24.9. The first kappa shape index (κ1) is 17.2. The largest absolute Gasteiger partial charge is 0.496 e. The Morgan fingerprint density at radius 1 is 1.24 bits per heavy atom. The van der Waals surface area contributed by atoms with Gasteiger partial charge >= 0.3 is 0 Å². The number of morpholine rings is 1. The van der Waals surface area contributed by atoms with E-state index >= 15 is 0 Å². The highest BCUT2D eigenvalue weighted by Gasteiger charge is 2.21. The summed E-state index contributed by atoms with van der Waals surface area (Å²) in [5.41, 5.74) is 1.67. The molecule has 2 aromatic carbocycles. The second-order valence-corrected chi connectivity index (χ2v) is 5.76. The SMILES string of the molecule is COc1ccccc1CNc1ccc(C(=O)N2CCOCC2)c(F)c1. The predicted molar refractivity (Wildman–Crippen MR) is 93.4 cm³/mol. The van der Waals surface area contributed by atoms with E-state index in [-0.39, 0.29) is 11.5 Å². The third kappa shape index (κ3) is 4.09. The lowest BCUT2D eigenvalue weighted by Crippen LogP contribution is -2.41. The number of methoxy groups -OCH3 is 1. The van der Waals surface area contributed by atoms with Crippen LogP contribution in [0.1, 0.15) is 15.9 Å². The average Bonchev–Trinajstić information content (AvgIpc) is 2.67. The van der Waals surface area contributed by atoms with Gasteiger partial charge in [-0.15, -0.1) is 0 Å². The van der Waals surface area contributed by atoms with Crippen molar-refractivity contribution in [2.45, 2.75) is 6.54 Å². The summed E-state index contributed by atoms with van der Waals surface area (Å²) in [6.07, 6.45) is 0. The zero-order chi connectivity index (χ0) is 17.6. The Kier molecular flexibility index (Phi) is 5.50. The van der Waals surface area contributed by atoms with E-state index in [4.69, 9.17) is 9.47 Å². The number of para-hydroxylation sites is 1. The fourth-order valence-electron chi connectivity index (χ4n) is 2.78. The molecule has 0 saturated carbocycles. The van der Waals surface area contributed by atoms with Crippen LogP contribution in [0.15, 0.2) is 42.5 Å². The summed E-state index contributed by atoms with van der Waals surface area (Å²) in [6.45, 7) is 2.47. The molecule has 1 aliphatic rings. The number of hydrogen-bond acceptors (Lipinski definition) is 4. The van der Waals surface area contributed by atoms with Crippen LogP contribution in [0.5, 0.6) is 5.75 Å². The maximum atomic E-state index is 14.4. The van der Waals surface area contributed by atoms with Crippen LogP contribution in [0.3, 0.4) is 0 Å². The van der Waals surface area contributed by atoms with Gasteiger partial charge < -0.3 is 19.7 Å². The Morgan fingerprint density at radius 2 is 2.00 bits per heavy atom. The van der Waals surface area contributed by atoms with Gasteiger partial charge in [-0.25, -0.2) is 4.39 Å². The topological polar surface area (TPSA) is 50.8 Å². The van der Waals surface area contributed by atoms with Crippen molar-refractivity contribution in [3.63, 3.8) is 0 Å². The molecule has 5 nitrogen and oxygen atoms in total. The molecule has 1 saturated heterocycles. The number of benzene rings is 2. The van der Waals surface area contributed by atoms with Crippen molar-refractivity contribution in [1.29, 1.82) is 0 Å². The molecule has 25 heavy (non-hydrogen) atoms. The minimum atomic E-state index is -0.526. The zero-order valence-corrected chi connectivity index (χ0v) is 14.1. The van der Waals surface area contributed by atoms with E-state index in [1.54, 1.807) is 18.1 Å². The van der Waals surface area contributed by atoms with Gasteiger partial charge in [0.25, 0.3) is 5.91 Å². The van der Waals surface area contributed by atoms with E-state index < -0.39 is 5.82 Å². The van der Waals surface area contributed by atoms with Gasteiger partial charge in [0.05, 0.1) is 25.9 Å². The second-order valence-electron chi connectivity index (χ2n) is 5.76. The maximum absolute atomic E-state index is 14.4. The van der Waals surface area contributed by atoms with E-state index in [9.17, 15) is 9.18 Å². The van der Waals surface area contributed by atoms with E-state index in [1.165, 1.54) is 12.1 Å². The molecule has 3 rings (SSSR count). The molecule has 0 bridgehead atoms. The smallest absolute Gasteiger partial charge is 0.256 e. The number of anilines is 1. The number of halogens is 1.